The van der Waals surface area contributed by atoms with Gasteiger partial charge < -0.3 is 10.4 Å². The Balaban J connectivity index is 2.90. The van der Waals surface area contributed by atoms with Crippen molar-refractivity contribution < 1.29 is 9.90 Å². The Labute approximate surface area is 127 Å². The third-order valence-corrected chi connectivity index (χ3v) is 3.63. The van der Waals surface area contributed by atoms with Gasteiger partial charge in [0.05, 0.1) is 6.61 Å². The molecule has 0 radical (unpaired) electrons. The number of carbonyl (C=O) groups excluding carboxylic acids is 1. The van der Waals surface area contributed by atoms with Crippen molar-refractivity contribution in [2.24, 2.45) is 11.8 Å². The molecule has 21 heavy (non-hydrogen) atoms. The van der Waals surface area contributed by atoms with Gasteiger partial charge in [-0.3, -0.25) is 4.79 Å². The van der Waals surface area contributed by atoms with Crippen LogP contribution in [0.15, 0.2) is 18.2 Å². The number of amides is 1. The molecule has 0 spiro atoms. The van der Waals surface area contributed by atoms with E-state index in [1.54, 1.807) is 0 Å². The van der Waals surface area contributed by atoms with Crippen molar-refractivity contribution in [3.8, 4) is 11.8 Å². The first kappa shape index (κ1) is 17.3. The number of anilines is 1. The fourth-order valence-corrected chi connectivity index (χ4v) is 1.86. The third kappa shape index (κ3) is 5.24. The van der Waals surface area contributed by atoms with Gasteiger partial charge in [0.15, 0.2) is 0 Å². The summed E-state index contributed by atoms with van der Waals surface area (Å²) in [7, 11) is 0. The van der Waals surface area contributed by atoms with Crippen LogP contribution >= 0.6 is 0 Å². The monoisotopic (exact) mass is 287 g/mol. The number of aliphatic hydroxyl groups excluding tert-OH is 1. The molecule has 0 saturated heterocycles. The third-order valence-electron chi connectivity index (χ3n) is 3.63. The number of rotatable bonds is 5. The predicted molar refractivity (Wildman–Crippen MR) is 87.0 cm³/mol. The Hall–Kier alpha value is -1.79. The van der Waals surface area contributed by atoms with Gasteiger partial charge in [-0.15, -0.1) is 0 Å². The molecule has 1 aromatic rings. The van der Waals surface area contributed by atoms with Crippen molar-refractivity contribution in [2.75, 3.05) is 11.9 Å². The highest BCUT2D eigenvalue weighted by molar-refractivity contribution is 5.93. The van der Waals surface area contributed by atoms with Crippen molar-refractivity contribution >= 4 is 11.6 Å². The maximum absolute atomic E-state index is 12.2. The van der Waals surface area contributed by atoms with Gasteiger partial charge in [0.25, 0.3) is 0 Å². The quantitative estimate of drug-likeness (QED) is 0.817. The Morgan fingerprint density at radius 3 is 2.62 bits per heavy atom. The lowest BCUT2D eigenvalue weighted by molar-refractivity contribution is -0.120. The summed E-state index contributed by atoms with van der Waals surface area (Å²) in [6, 6.07) is 5.81. The zero-order valence-electron chi connectivity index (χ0n) is 13.4. The number of hydrogen-bond acceptors (Lipinski definition) is 2. The molecule has 2 N–H and O–H groups in total. The lowest BCUT2D eigenvalue weighted by Gasteiger charge is -2.17. The van der Waals surface area contributed by atoms with E-state index in [1.165, 1.54) is 0 Å². The molecule has 0 heterocycles. The van der Waals surface area contributed by atoms with Crippen LogP contribution in [0.2, 0.25) is 0 Å². The molecule has 3 nitrogen and oxygen atoms in total. The molecule has 0 aliphatic heterocycles. The maximum Gasteiger partial charge on any atom is 0.227 e. The molecule has 1 amide bonds. The van der Waals surface area contributed by atoms with Gasteiger partial charge in [-0.1, -0.05) is 39.5 Å². The van der Waals surface area contributed by atoms with Crippen molar-refractivity contribution in [3.63, 3.8) is 0 Å². The van der Waals surface area contributed by atoms with Gasteiger partial charge >= 0.3 is 0 Å². The summed E-state index contributed by atoms with van der Waals surface area (Å²) in [6.07, 6.45) is 1.31. The lowest BCUT2D eigenvalue weighted by atomic mass is 9.97. The largest absolute Gasteiger partial charge is 0.395 e. The molecule has 1 aromatic carbocycles. The van der Waals surface area contributed by atoms with Gasteiger partial charge in [-0.2, -0.15) is 0 Å². The van der Waals surface area contributed by atoms with Gasteiger partial charge in [-0.05, 0) is 36.1 Å². The first-order chi connectivity index (χ1) is 9.99. The molecule has 1 atom stereocenters. The second-order valence-electron chi connectivity index (χ2n) is 5.52. The molecule has 0 aliphatic rings. The summed E-state index contributed by atoms with van der Waals surface area (Å²) in [6.45, 7) is 8.17. The normalized spacial score (nSPS) is 11.7. The summed E-state index contributed by atoms with van der Waals surface area (Å²) in [5.41, 5.74) is 2.85. The van der Waals surface area contributed by atoms with E-state index in [4.69, 9.17) is 5.11 Å². The highest BCUT2D eigenvalue weighted by Crippen LogP contribution is 2.20. The molecule has 0 aliphatic carbocycles. The van der Waals surface area contributed by atoms with E-state index in [0.717, 1.165) is 23.2 Å². The number of aliphatic hydroxyl groups is 1. The maximum atomic E-state index is 12.2. The van der Waals surface area contributed by atoms with E-state index in [0.29, 0.717) is 12.3 Å². The zero-order valence-corrected chi connectivity index (χ0v) is 13.4. The highest BCUT2D eigenvalue weighted by atomic mass is 16.2. The van der Waals surface area contributed by atoms with Crippen LogP contribution < -0.4 is 5.32 Å². The SMILES string of the molecule is CCc1cc(C#CCCO)ccc1NC(=O)C(C)C(C)C. The molecule has 1 rings (SSSR count). The molecule has 3 heteroatoms. The average molecular weight is 287 g/mol. The van der Waals surface area contributed by atoms with Gasteiger partial charge in [0.2, 0.25) is 5.91 Å². The molecular weight excluding hydrogens is 262 g/mol. The Morgan fingerprint density at radius 1 is 1.33 bits per heavy atom. The molecular formula is C18H25NO2. The van der Waals surface area contributed by atoms with Crippen LogP contribution in [0, 0.1) is 23.7 Å². The summed E-state index contributed by atoms with van der Waals surface area (Å²) >= 11 is 0. The topological polar surface area (TPSA) is 49.3 Å². The van der Waals surface area contributed by atoms with Crippen LogP contribution in [0.1, 0.15) is 45.2 Å². The first-order valence-corrected chi connectivity index (χ1v) is 7.53. The average Bonchev–Trinajstić information content (AvgIpc) is 2.47. The number of carbonyl (C=O) groups is 1. The van der Waals surface area contributed by atoms with Crippen LogP contribution in [0.5, 0.6) is 0 Å². The number of benzene rings is 1. The summed E-state index contributed by atoms with van der Waals surface area (Å²) in [5, 5.41) is 11.7. The van der Waals surface area contributed by atoms with E-state index in [1.807, 2.05) is 39.0 Å². The van der Waals surface area contributed by atoms with E-state index in [-0.39, 0.29) is 18.4 Å². The van der Waals surface area contributed by atoms with Crippen LogP contribution in [0.4, 0.5) is 5.69 Å². The summed E-state index contributed by atoms with van der Waals surface area (Å²) in [4.78, 5) is 12.2. The molecule has 1 unspecified atom stereocenters. The standard InChI is InChI=1S/C18H25NO2/c1-5-16-12-15(8-6-7-11-20)9-10-17(16)19-18(21)14(4)13(2)3/h9-10,12-14,20H,5,7,11H2,1-4H3,(H,19,21). The summed E-state index contributed by atoms with van der Waals surface area (Å²) in [5.74, 6) is 6.29. The number of aryl methyl sites for hydroxylation is 1. The van der Waals surface area contributed by atoms with Gasteiger partial charge in [-0.25, -0.2) is 0 Å². The molecule has 0 bridgehead atoms. The van der Waals surface area contributed by atoms with Crippen molar-refractivity contribution in [2.45, 2.75) is 40.5 Å². The van der Waals surface area contributed by atoms with E-state index >= 15 is 0 Å². The van der Waals surface area contributed by atoms with Crippen LogP contribution in [-0.4, -0.2) is 17.6 Å². The summed E-state index contributed by atoms with van der Waals surface area (Å²) < 4.78 is 0. The second kappa shape index (κ2) is 8.49. The fourth-order valence-electron chi connectivity index (χ4n) is 1.86. The Kier molecular flexibility index (Phi) is 6.98. The van der Waals surface area contributed by atoms with Crippen LogP contribution in [0.3, 0.4) is 0 Å². The van der Waals surface area contributed by atoms with E-state index < -0.39 is 0 Å². The smallest absolute Gasteiger partial charge is 0.227 e. The van der Waals surface area contributed by atoms with Gasteiger partial charge in [0.1, 0.15) is 0 Å². The fraction of sp³-hybridized carbons (Fsp3) is 0.500. The van der Waals surface area contributed by atoms with Crippen LogP contribution in [-0.2, 0) is 11.2 Å². The van der Waals surface area contributed by atoms with E-state index in [2.05, 4.69) is 24.1 Å². The minimum absolute atomic E-state index is 0.0151. The highest BCUT2D eigenvalue weighted by Gasteiger charge is 2.17. The number of nitrogens with one attached hydrogen (secondary N) is 1. The van der Waals surface area contributed by atoms with Gasteiger partial charge in [0, 0.05) is 23.6 Å². The molecule has 0 aromatic heterocycles. The Bertz CT molecular complexity index is 538. The minimum atomic E-state index is -0.0151. The number of hydrogen-bond donors (Lipinski definition) is 2. The second-order valence-corrected chi connectivity index (χ2v) is 5.52. The van der Waals surface area contributed by atoms with Crippen molar-refractivity contribution in [1.82, 2.24) is 0 Å². The first-order valence-electron chi connectivity index (χ1n) is 7.53. The molecule has 0 saturated carbocycles. The zero-order chi connectivity index (χ0) is 15.8. The van der Waals surface area contributed by atoms with Crippen LogP contribution in [0.25, 0.3) is 0 Å². The lowest BCUT2D eigenvalue weighted by Crippen LogP contribution is -2.24. The molecule has 0 fully saturated rings. The molecule has 114 valence electrons. The van der Waals surface area contributed by atoms with Crippen molar-refractivity contribution in [3.05, 3.63) is 29.3 Å². The van der Waals surface area contributed by atoms with Crippen molar-refractivity contribution in [1.29, 1.82) is 0 Å². The predicted octanol–water partition coefficient (Wildman–Crippen LogP) is 3.21. The minimum Gasteiger partial charge on any atom is -0.395 e. The Morgan fingerprint density at radius 2 is 2.05 bits per heavy atom. The van der Waals surface area contributed by atoms with E-state index in [9.17, 15) is 4.79 Å².